The summed E-state index contributed by atoms with van der Waals surface area (Å²) in [6, 6.07) is 13.2. The molecule has 2 aliphatic rings. The number of amides is 1. The van der Waals surface area contributed by atoms with E-state index in [1.54, 1.807) is 10.7 Å². The van der Waals surface area contributed by atoms with E-state index < -0.39 is 5.60 Å². The van der Waals surface area contributed by atoms with E-state index in [4.69, 9.17) is 9.47 Å². The minimum Gasteiger partial charge on any atom is -0.469 e. The average molecular weight is 566 g/mol. The standard InChI is InChI=1S/C30H39N5O4S/c1-30(2,3)39-29(37)33-17-15-32(16-18-33)24-10-12-34(13-11-24)40-27-8-6-5-7-25(27)22-9-14-35-26(19-22)23(21-31-35)20-28(36)38-4/h5-9,14,19,21,24H,10-13,15-18,20H2,1-4H3. The van der Waals surface area contributed by atoms with Crippen LogP contribution in [-0.4, -0.2) is 93.8 Å². The van der Waals surface area contributed by atoms with Gasteiger partial charge < -0.3 is 14.4 Å². The van der Waals surface area contributed by atoms with Gasteiger partial charge in [0.05, 0.1) is 25.2 Å². The molecule has 1 amide bonds. The van der Waals surface area contributed by atoms with Crippen LogP contribution in [-0.2, 0) is 20.7 Å². The Hall–Kier alpha value is -3.08. The molecule has 0 N–H and O–H groups in total. The van der Waals surface area contributed by atoms with Crippen LogP contribution in [0.5, 0.6) is 0 Å². The molecule has 0 spiro atoms. The van der Waals surface area contributed by atoms with Gasteiger partial charge in [-0.2, -0.15) is 5.10 Å². The second kappa shape index (κ2) is 12.2. The topological polar surface area (TPSA) is 79.6 Å². The lowest BCUT2D eigenvalue weighted by Crippen LogP contribution is -2.54. The Labute approximate surface area is 240 Å². The van der Waals surface area contributed by atoms with Crippen molar-refractivity contribution in [3.63, 3.8) is 0 Å². The molecule has 1 aromatic carbocycles. The van der Waals surface area contributed by atoms with Crippen molar-refractivity contribution in [2.24, 2.45) is 0 Å². The number of ether oxygens (including phenoxy) is 2. The lowest BCUT2D eigenvalue weighted by molar-refractivity contribution is -0.139. The van der Waals surface area contributed by atoms with Crippen LogP contribution in [0.2, 0.25) is 0 Å². The van der Waals surface area contributed by atoms with Crippen LogP contribution >= 0.6 is 11.9 Å². The lowest BCUT2D eigenvalue weighted by Gasteiger charge is -2.42. The number of esters is 1. The fourth-order valence-corrected chi connectivity index (χ4v) is 6.48. The number of hydrogen-bond acceptors (Lipinski definition) is 8. The first-order chi connectivity index (χ1) is 19.2. The highest BCUT2D eigenvalue weighted by Gasteiger charge is 2.31. The van der Waals surface area contributed by atoms with E-state index in [-0.39, 0.29) is 18.5 Å². The van der Waals surface area contributed by atoms with Crippen LogP contribution < -0.4 is 0 Å². The van der Waals surface area contributed by atoms with Crippen molar-refractivity contribution in [1.82, 2.24) is 23.7 Å². The average Bonchev–Trinajstić information content (AvgIpc) is 3.34. The number of piperidine rings is 1. The van der Waals surface area contributed by atoms with Gasteiger partial charge in [0, 0.05) is 62.0 Å². The number of hydrogen-bond donors (Lipinski definition) is 0. The second-order valence-corrected chi connectivity index (χ2v) is 12.6. The van der Waals surface area contributed by atoms with Crippen LogP contribution in [0.25, 0.3) is 16.6 Å². The summed E-state index contributed by atoms with van der Waals surface area (Å²) in [6.07, 6.45) is 5.90. The number of carbonyl (C=O) groups excluding carboxylic acids is 2. The summed E-state index contributed by atoms with van der Waals surface area (Å²) in [4.78, 5) is 29.9. The number of pyridine rings is 1. The van der Waals surface area contributed by atoms with E-state index in [1.807, 2.05) is 43.8 Å². The minimum atomic E-state index is -0.461. The Kier molecular flexibility index (Phi) is 8.68. The van der Waals surface area contributed by atoms with E-state index in [0.29, 0.717) is 6.04 Å². The molecular formula is C30H39N5O4S. The third-order valence-electron chi connectivity index (χ3n) is 7.50. The Morgan fingerprint density at radius 3 is 2.45 bits per heavy atom. The van der Waals surface area contributed by atoms with Gasteiger partial charge in [0.15, 0.2) is 0 Å². The van der Waals surface area contributed by atoms with E-state index in [1.165, 1.54) is 17.6 Å². The maximum absolute atomic E-state index is 12.4. The maximum atomic E-state index is 12.4. The summed E-state index contributed by atoms with van der Waals surface area (Å²) in [5.74, 6) is -0.274. The van der Waals surface area contributed by atoms with Gasteiger partial charge in [-0.1, -0.05) is 18.2 Å². The van der Waals surface area contributed by atoms with Gasteiger partial charge in [-0.15, -0.1) is 0 Å². The Morgan fingerprint density at radius 2 is 1.75 bits per heavy atom. The molecule has 2 aliphatic heterocycles. The molecule has 40 heavy (non-hydrogen) atoms. The second-order valence-electron chi connectivity index (χ2n) is 11.4. The van der Waals surface area contributed by atoms with Gasteiger partial charge >= 0.3 is 12.1 Å². The Morgan fingerprint density at radius 1 is 1.02 bits per heavy atom. The molecule has 5 rings (SSSR count). The number of benzene rings is 1. The fourth-order valence-electron chi connectivity index (χ4n) is 5.38. The molecule has 214 valence electrons. The van der Waals surface area contributed by atoms with Gasteiger partial charge in [-0.05, 0) is 74.9 Å². The van der Waals surface area contributed by atoms with E-state index in [9.17, 15) is 9.59 Å². The van der Waals surface area contributed by atoms with Crippen LogP contribution in [0.3, 0.4) is 0 Å². The predicted molar refractivity (Wildman–Crippen MR) is 156 cm³/mol. The minimum absolute atomic E-state index is 0.199. The maximum Gasteiger partial charge on any atom is 0.410 e. The number of nitrogens with zero attached hydrogens (tertiary/aromatic N) is 5. The van der Waals surface area contributed by atoms with Gasteiger partial charge in [-0.25, -0.2) is 13.6 Å². The van der Waals surface area contributed by atoms with Crippen LogP contribution in [0.15, 0.2) is 53.7 Å². The van der Waals surface area contributed by atoms with Crippen molar-refractivity contribution in [2.75, 3.05) is 46.4 Å². The fraction of sp³-hybridized carbons (Fsp3) is 0.500. The highest BCUT2D eigenvalue weighted by molar-refractivity contribution is 7.97. The summed E-state index contributed by atoms with van der Waals surface area (Å²) in [6.45, 7) is 11.0. The molecule has 2 aromatic heterocycles. The number of rotatable bonds is 6. The normalized spacial score (nSPS) is 17.8. The number of aromatic nitrogens is 2. The lowest BCUT2D eigenvalue weighted by atomic mass is 10.0. The number of fused-ring (bicyclic) bond motifs is 1. The highest BCUT2D eigenvalue weighted by atomic mass is 32.2. The molecule has 0 saturated carbocycles. The van der Waals surface area contributed by atoms with Crippen molar-refractivity contribution >= 4 is 29.5 Å². The zero-order valence-corrected chi connectivity index (χ0v) is 24.7. The SMILES string of the molecule is COC(=O)Cc1cnn2ccc(-c3ccccc3SN3CCC(N4CCN(C(=O)OC(C)(C)C)CC4)CC3)cc12. The zero-order chi connectivity index (χ0) is 28.3. The molecule has 10 heteroatoms. The summed E-state index contributed by atoms with van der Waals surface area (Å²) in [5.41, 5.74) is 3.57. The number of piperazine rings is 1. The number of methoxy groups -OCH3 is 1. The van der Waals surface area contributed by atoms with Gasteiger partial charge in [0.1, 0.15) is 5.60 Å². The highest BCUT2D eigenvalue weighted by Crippen LogP contribution is 2.36. The monoisotopic (exact) mass is 565 g/mol. The summed E-state index contributed by atoms with van der Waals surface area (Å²) in [7, 11) is 1.41. The van der Waals surface area contributed by atoms with Gasteiger partial charge in [0.25, 0.3) is 0 Å². The molecule has 2 fully saturated rings. The third kappa shape index (κ3) is 6.79. The molecule has 4 heterocycles. The first kappa shape index (κ1) is 28.4. The van der Waals surface area contributed by atoms with Crippen molar-refractivity contribution in [3.05, 3.63) is 54.4 Å². The molecule has 9 nitrogen and oxygen atoms in total. The summed E-state index contributed by atoms with van der Waals surface area (Å²) in [5, 5.41) is 4.39. The van der Waals surface area contributed by atoms with Crippen LogP contribution in [0.4, 0.5) is 4.79 Å². The van der Waals surface area contributed by atoms with Gasteiger partial charge in [-0.3, -0.25) is 9.69 Å². The van der Waals surface area contributed by atoms with E-state index in [2.05, 4.69) is 50.7 Å². The van der Waals surface area contributed by atoms with E-state index in [0.717, 1.165) is 68.8 Å². The first-order valence-corrected chi connectivity index (χ1v) is 14.7. The zero-order valence-electron chi connectivity index (χ0n) is 23.8. The first-order valence-electron chi connectivity index (χ1n) is 14.0. The molecule has 2 saturated heterocycles. The smallest absolute Gasteiger partial charge is 0.410 e. The molecule has 0 bridgehead atoms. The Balaban J connectivity index is 1.19. The van der Waals surface area contributed by atoms with Crippen LogP contribution in [0.1, 0.15) is 39.2 Å². The molecule has 0 unspecified atom stereocenters. The van der Waals surface area contributed by atoms with E-state index >= 15 is 0 Å². The van der Waals surface area contributed by atoms with Crippen molar-refractivity contribution in [3.8, 4) is 11.1 Å². The molecule has 0 radical (unpaired) electrons. The van der Waals surface area contributed by atoms with Crippen LogP contribution in [0, 0.1) is 0 Å². The number of carbonyl (C=O) groups is 2. The molecule has 0 atom stereocenters. The summed E-state index contributed by atoms with van der Waals surface area (Å²) < 4.78 is 14.7. The summed E-state index contributed by atoms with van der Waals surface area (Å²) >= 11 is 1.82. The van der Waals surface area contributed by atoms with Crippen molar-refractivity contribution in [2.45, 2.75) is 56.6 Å². The predicted octanol–water partition coefficient (Wildman–Crippen LogP) is 4.74. The third-order valence-corrected chi connectivity index (χ3v) is 8.67. The van der Waals surface area contributed by atoms with Crippen molar-refractivity contribution in [1.29, 1.82) is 0 Å². The quantitative estimate of drug-likeness (QED) is 0.313. The Bertz CT molecular complexity index is 1340. The molecule has 3 aromatic rings. The molecular weight excluding hydrogens is 526 g/mol. The van der Waals surface area contributed by atoms with Crippen molar-refractivity contribution < 1.29 is 19.1 Å². The van der Waals surface area contributed by atoms with Gasteiger partial charge in [0.2, 0.25) is 0 Å². The largest absolute Gasteiger partial charge is 0.469 e. The molecule has 0 aliphatic carbocycles.